The van der Waals surface area contributed by atoms with Crippen LogP contribution in [0.3, 0.4) is 0 Å². The zero-order valence-electron chi connectivity index (χ0n) is 6.17. The van der Waals surface area contributed by atoms with Gasteiger partial charge in [-0.1, -0.05) is 0 Å². The first-order valence-corrected chi connectivity index (χ1v) is 3.87. The Morgan fingerprint density at radius 2 is 2.45 bits per heavy atom. The molecule has 0 spiro atoms. The van der Waals surface area contributed by atoms with Gasteiger partial charge in [0.15, 0.2) is 28.7 Å². The highest BCUT2D eigenvalue weighted by Gasteiger charge is 2.10. The lowest BCUT2D eigenvalue weighted by atomic mass is 10.4. The van der Waals surface area contributed by atoms with Crippen molar-refractivity contribution < 1.29 is 7.86 Å². The molecule has 0 N–H and O–H groups in total. The number of aryl methyl sites for hydroxylation is 2. The summed E-state index contributed by atoms with van der Waals surface area (Å²) in [6, 6.07) is 1.68. The van der Waals surface area contributed by atoms with Gasteiger partial charge in [-0.05, 0) is 13.0 Å². The molecule has 1 aromatic heterocycles. The first-order chi connectivity index (χ1) is 5.15. The van der Waals surface area contributed by atoms with Crippen LogP contribution in [0.5, 0.6) is 0 Å². The number of carbonyl (C=O) groups excluding carboxylic acids is 1. The lowest BCUT2D eigenvalue weighted by Gasteiger charge is -1.89. The van der Waals surface area contributed by atoms with E-state index in [1.807, 2.05) is 6.92 Å². The molecular weight excluding hydrogens is 259 g/mol. The zero-order valence-corrected chi connectivity index (χ0v) is 8.32. The maximum atomic E-state index is 10.9. The summed E-state index contributed by atoms with van der Waals surface area (Å²) < 4.78 is 6.09. The Hall–Kier alpha value is -0.590. The number of carbonyl (C=O) groups is 1. The van der Waals surface area contributed by atoms with Gasteiger partial charge in [0.05, 0.1) is 0 Å². The van der Waals surface area contributed by atoms with Gasteiger partial charge in [0.25, 0.3) is 0 Å². The summed E-state index contributed by atoms with van der Waals surface area (Å²) in [6.45, 7) is 1.87. The molecule has 0 aromatic carbocycles. The van der Waals surface area contributed by atoms with Crippen LogP contribution in [-0.4, -0.2) is 15.7 Å². The topological polar surface area (TPSA) is 44.1 Å². The Bertz CT molecular complexity index is 263. The molecule has 5 heteroatoms. The molecular formula is C6H7IN2O2. The smallest absolute Gasteiger partial charge is 0.368 e. The summed E-state index contributed by atoms with van der Waals surface area (Å²) in [7, 11) is 1.78. The highest BCUT2D eigenvalue weighted by atomic mass is 127. The lowest BCUT2D eigenvalue weighted by Crippen LogP contribution is -2.00. The van der Waals surface area contributed by atoms with Gasteiger partial charge in [-0.15, -0.1) is 0 Å². The standard InChI is InChI=1S/C6H7IN2O2/c1-4-3-5(6(10)11-7)8-9(4)2/h3H,1-2H3. The number of rotatable bonds is 1. The van der Waals surface area contributed by atoms with E-state index in [1.165, 1.54) is 23.0 Å². The van der Waals surface area contributed by atoms with Gasteiger partial charge in [0.1, 0.15) is 0 Å². The van der Waals surface area contributed by atoms with E-state index in [2.05, 4.69) is 8.16 Å². The first kappa shape index (κ1) is 8.51. The summed E-state index contributed by atoms with van der Waals surface area (Å²) in [5, 5.41) is 3.92. The van der Waals surface area contributed by atoms with Gasteiger partial charge in [0, 0.05) is 12.7 Å². The van der Waals surface area contributed by atoms with E-state index < -0.39 is 5.97 Å². The summed E-state index contributed by atoms with van der Waals surface area (Å²) in [5.74, 6) is -0.408. The molecule has 0 amide bonds. The molecule has 11 heavy (non-hydrogen) atoms. The number of hydrogen-bond acceptors (Lipinski definition) is 3. The Balaban J connectivity index is 2.97. The fraction of sp³-hybridized carbons (Fsp3) is 0.333. The van der Waals surface area contributed by atoms with E-state index in [0.29, 0.717) is 5.69 Å². The molecule has 0 radical (unpaired) electrons. The van der Waals surface area contributed by atoms with Crippen molar-refractivity contribution in [2.45, 2.75) is 6.92 Å². The zero-order chi connectivity index (χ0) is 8.43. The minimum Gasteiger partial charge on any atom is -0.390 e. The molecule has 60 valence electrons. The van der Waals surface area contributed by atoms with Crippen LogP contribution in [0, 0.1) is 6.92 Å². The van der Waals surface area contributed by atoms with Crippen LogP contribution >= 0.6 is 23.0 Å². The highest BCUT2D eigenvalue weighted by molar-refractivity contribution is 14.1. The number of hydrogen-bond donors (Lipinski definition) is 0. The minimum absolute atomic E-state index is 0.347. The lowest BCUT2D eigenvalue weighted by molar-refractivity contribution is 0.0793. The quantitative estimate of drug-likeness (QED) is 0.718. The number of aromatic nitrogens is 2. The molecule has 0 atom stereocenters. The van der Waals surface area contributed by atoms with E-state index in [0.717, 1.165) is 5.69 Å². The average molecular weight is 266 g/mol. The number of halogens is 1. The van der Waals surface area contributed by atoms with Crippen molar-refractivity contribution in [1.82, 2.24) is 9.78 Å². The van der Waals surface area contributed by atoms with Crippen LogP contribution in [-0.2, 0) is 10.1 Å². The molecule has 0 aliphatic heterocycles. The Labute approximate surface area is 78.2 Å². The summed E-state index contributed by atoms with van der Waals surface area (Å²) in [6.07, 6.45) is 0. The van der Waals surface area contributed by atoms with Crippen molar-refractivity contribution in [3.05, 3.63) is 17.5 Å². The van der Waals surface area contributed by atoms with Gasteiger partial charge >= 0.3 is 5.97 Å². The molecule has 0 aliphatic carbocycles. The first-order valence-electron chi connectivity index (χ1n) is 2.98. The predicted octanol–water partition coefficient (Wildman–Crippen LogP) is 1.24. The third kappa shape index (κ3) is 1.70. The second-order valence-corrected chi connectivity index (χ2v) is 2.60. The molecule has 0 bridgehead atoms. The fourth-order valence-electron chi connectivity index (χ4n) is 0.700. The summed E-state index contributed by atoms with van der Waals surface area (Å²) in [4.78, 5) is 10.9. The average Bonchev–Trinajstić information content (AvgIpc) is 2.31. The molecule has 0 fully saturated rings. The predicted molar refractivity (Wildman–Crippen MR) is 47.4 cm³/mol. The van der Waals surface area contributed by atoms with E-state index in [1.54, 1.807) is 17.8 Å². The second kappa shape index (κ2) is 3.21. The van der Waals surface area contributed by atoms with E-state index >= 15 is 0 Å². The highest BCUT2D eigenvalue weighted by Crippen LogP contribution is 2.04. The van der Waals surface area contributed by atoms with Crippen LogP contribution in [0.2, 0.25) is 0 Å². The second-order valence-electron chi connectivity index (χ2n) is 2.16. The monoisotopic (exact) mass is 266 g/mol. The molecule has 0 saturated carbocycles. The number of nitrogens with zero attached hydrogens (tertiary/aromatic N) is 2. The molecule has 0 aliphatic rings. The summed E-state index contributed by atoms with van der Waals surface area (Å²) in [5.41, 5.74) is 1.28. The van der Waals surface area contributed by atoms with Crippen molar-refractivity contribution in [2.75, 3.05) is 0 Å². The largest absolute Gasteiger partial charge is 0.390 e. The van der Waals surface area contributed by atoms with Crippen molar-refractivity contribution in [3.63, 3.8) is 0 Å². The molecule has 0 unspecified atom stereocenters. The maximum Gasteiger partial charge on any atom is 0.368 e. The van der Waals surface area contributed by atoms with Crippen LogP contribution in [0.25, 0.3) is 0 Å². The minimum atomic E-state index is -0.408. The van der Waals surface area contributed by atoms with E-state index in [4.69, 9.17) is 0 Å². The van der Waals surface area contributed by atoms with Crippen molar-refractivity contribution in [3.8, 4) is 0 Å². The van der Waals surface area contributed by atoms with Gasteiger partial charge in [-0.25, -0.2) is 4.79 Å². The molecule has 1 heterocycles. The third-order valence-electron chi connectivity index (χ3n) is 1.39. The van der Waals surface area contributed by atoms with E-state index in [9.17, 15) is 4.79 Å². The molecule has 1 aromatic rings. The Kier molecular flexibility index (Phi) is 2.48. The van der Waals surface area contributed by atoms with Crippen molar-refractivity contribution >= 4 is 29.0 Å². The van der Waals surface area contributed by atoms with Crippen LogP contribution < -0.4 is 0 Å². The maximum absolute atomic E-state index is 10.9. The summed E-state index contributed by atoms with van der Waals surface area (Å²) >= 11 is 1.54. The molecule has 1 rings (SSSR count). The van der Waals surface area contributed by atoms with E-state index in [-0.39, 0.29) is 0 Å². The normalized spacial score (nSPS) is 9.73. The fourth-order valence-corrected chi connectivity index (χ4v) is 0.925. The van der Waals surface area contributed by atoms with Gasteiger partial charge in [-0.3, -0.25) is 4.68 Å². The van der Waals surface area contributed by atoms with Crippen molar-refractivity contribution in [1.29, 1.82) is 0 Å². The van der Waals surface area contributed by atoms with Gasteiger partial charge in [0.2, 0.25) is 0 Å². The Morgan fingerprint density at radius 3 is 2.82 bits per heavy atom. The third-order valence-corrected chi connectivity index (χ3v) is 1.79. The SMILES string of the molecule is Cc1cc(C(=O)OI)nn1C. The molecule has 4 nitrogen and oxygen atoms in total. The van der Waals surface area contributed by atoms with Gasteiger partial charge < -0.3 is 3.07 Å². The van der Waals surface area contributed by atoms with Gasteiger partial charge in [-0.2, -0.15) is 5.10 Å². The van der Waals surface area contributed by atoms with Crippen LogP contribution in [0.1, 0.15) is 16.2 Å². The Morgan fingerprint density at radius 1 is 1.82 bits per heavy atom. The van der Waals surface area contributed by atoms with Crippen LogP contribution in [0.4, 0.5) is 0 Å². The van der Waals surface area contributed by atoms with Crippen LogP contribution in [0.15, 0.2) is 6.07 Å². The van der Waals surface area contributed by atoms with Crippen molar-refractivity contribution in [2.24, 2.45) is 7.05 Å². The molecule has 0 saturated heterocycles.